The van der Waals surface area contributed by atoms with Crippen molar-refractivity contribution in [1.29, 1.82) is 0 Å². The SMILES string of the molecule is COC(=O)c1cc(-c2ccc(-c3ccccc3)c(F)c2)ccn1. The zero-order valence-corrected chi connectivity index (χ0v) is 12.5. The number of ether oxygens (including phenoxy) is 1. The van der Waals surface area contributed by atoms with E-state index in [1.807, 2.05) is 36.4 Å². The van der Waals surface area contributed by atoms with E-state index in [1.54, 1.807) is 18.2 Å². The van der Waals surface area contributed by atoms with Gasteiger partial charge in [0.1, 0.15) is 11.5 Å². The van der Waals surface area contributed by atoms with E-state index >= 15 is 0 Å². The number of carbonyl (C=O) groups excluding carboxylic acids is 1. The Morgan fingerprint density at radius 3 is 2.39 bits per heavy atom. The lowest BCUT2D eigenvalue weighted by molar-refractivity contribution is 0.0594. The molecule has 3 aromatic rings. The van der Waals surface area contributed by atoms with Gasteiger partial charge in [-0.2, -0.15) is 0 Å². The lowest BCUT2D eigenvalue weighted by Gasteiger charge is -2.08. The van der Waals surface area contributed by atoms with Gasteiger partial charge in [-0.1, -0.05) is 42.5 Å². The van der Waals surface area contributed by atoms with Crippen molar-refractivity contribution < 1.29 is 13.9 Å². The number of hydrogen-bond donors (Lipinski definition) is 0. The molecule has 4 heteroatoms. The normalized spacial score (nSPS) is 10.3. The zero-order valence-electron chi connectivity index (χ0n) is 12.5. The fourth-order valence-corrected chi connectivity index (χ4v) is 2.37. The molecule has 0 saturated carbocycles. The van der Waals surface area contributed by atoms with Gasteiger partial charge in [0.15, 0.2) is 0 Å². The number of halogens is 1. The number of nitrogens with zero attached hydrogens (tertiary/aromatic N) is 1. The predicted molar refractivity (Wildman–Crippen MR) is 86.4 cm³/mol. The Morgan fingerprint density at radius 2 is 1.70 bits per heavy atom. The van der Waals surface area contributed by atoms with Crippen LogP contribution in [0.25, 0.3) is 22.3 Å². The molecule has 3 rings (SSSR count). The van der Waals surface area contributed by atoms with E-state index in [9.17, 15) is 9.18 Å². The van der Waals surface area contributed by atoms with Crippen LogP contribution < -0.4 is 0 Å². The molecule has 0 unspecified atom stereocenters. The standard InChI is InChI=1S/C19H14FNO2/c1-23-19(22)18-12-15(9-10-21-18)14-7-8-16(17(20)11-14)13-5-3-2-4-6-13/h2-12H,1H3. The second-order valence-corrected chi connectivity index (χ2v) is 4.98. The number of carbonyl (C=O) groups is 1. The van der Waals surface area contributed by atoms with Crippen molar-refractivity contribution in [2.75, 3.05) is 7.11 Å². The first-order chi connectivity index (χ1) is 11.2. The first kappa shape index (κ1) is 14.9. The fourth-order valence-electron chi connectivity index (χ4n) is 2.37. The van der Waals surface area contributed by atoms with E-state index in [0.717, 1.165) is 5.56 Å². The summed E-state index contributed by atoms with van der Waals surface area (Å²) < 4.78 is 19.1. The van der Waals surface area contributed by atoms with Crippen LogP contribution in [0, 0.1) is 5.82 Å². The summed E-state index contributed by atoms with van der Waals surface area (Å²) in [7, 11) is 1.30. The Bertz CT molecular complexity index is 847. The van der Waals surface area contributed by atoms with Crippen LogP contribution in [0.4, 0.5) is 4.39 Å². The molecule has 3 nitrogen and oxygen atoms in total. The van der Waals surface area contributed by atoms with Gasteiger partial charge in [-0.15, -0.1) is 0 Å². The molecule has 0 fully saturated rings. The highest BCUT2D eigenvalue weighted by molar-refractivity contribution is 5.88. The van der Waals surface area contributed by atoms with E-state index in [1.165, 1.54) is 19.4 Å². The van der Waals surface area contributed by atoms with Gasteiger partial charge in [-0.05, 0) is 34.9 Å². The molecule has 2 aromatic carbocycles. The summed E-state index contributed by atoms with van der Waals surface area (Å²) in [6, 6.07) is 17.7. The second-order valence-electron chi connectivity index (χ2n) is 4.98. The monoisotopic (exact) mass is 307 g/mol. The van der Waals surface area contributed by atoms with E-state index < -0.39 is 5.97 Å². The van der Waals surface area contributed by atoms with E-state index in [4.69, 9.17) is 0 Å². The molecule has 0 spiro atoms. The van der Waals surface area contributed by atoms with Gasteiger partial charge in [-0.3, -0.25) is 0 Å². The van der Waals surface area contributed by atoms with Crippen LogP contribution in [0.15, 0.2) is 66.9 Å². The lowest BCUT2D eigenvalue weighted by atomic mass is 10.00. The minimum absolute atomic E-state index is 0.192. The molecule has 0 aliphatic heterocycles. The van der Waals surface area contributed by atoms with Crippen LogP contribution in [0.5, 0.6) is 0 Å². The zero-order chi connectivity index (χ0) is 16.2. The van der Waals surface area contributed by atoms with Crippen molar-refractivity contribution in [1.82, 2.24) is 4.98 Å². The minimum atomic E-state index is -0.520. The number of pyridine rings is 1. The summed E-state index contributed by atoms with van der Waals surface area (Å²) in [5.74, 6) is -0.835. The van der Waals surface area contributed by atoms with Crippen molar-refractivity contribution in [2.24, 2.45) is 0 Å². The summed E-state index contributed by atoms with van der Waals surface area (Å²) in [6.45, 7) is 0. The Hall–Kier alpha value is -3.01. The molecule has 0 saturated heterocycles. The van der Waals surface area contributed by atoms with Crippen LogP contribution in [-0.2, 0) is 4.74 Å². The van der Waals surface area contributed by atoms with Gasteiger partial charge in [-0.25, -0.2) is 14.2 Å². The van der Waals surface area contributed by atoms with Gasteiger partial charge >= 0.3 is 5.97 Å². The molecule has 0 bridgehead atoms. The lowest BCUT2D eigenvalue weighted by Crippen LogP contribution is -2.03. The smallest absolute Gasteiger partial charge is 0.356 e. The summed E-state index contributed by atoms with van der Waals surface area (Å²) in [6.07, 6.45) is 1.50. The maximum absolute atomic E-state index is 14.4. The van der Waals surface area contributed by atoms with E-state index in [2.05, 4.69) is 9.72 Å². The number of methoxy groups -OCH3 is 1. The third kappa shape index (κ3) is 3.11. The average molecular weight is 307 g/mol. The third-order valence-corrected chi connectivity index (χ3v) is 3.54. The number of rotatable bonds is 3. The van der Waals surface area contributed by atoms with Gasteiger partial charge in [0.2, 0.25) is 0 Å². The van der Waals surface area contributed by atoms with Crippen LogP contribution in [0.2, 0.25) is 0 Å². The summed E-state index contributed by atoms with van der Waals surface area (Å²) in [5.41, 5.74) is 2.93. The van der Waals surface area contributed by atoms with Gasteiger partial charge in [0, 0.05) is 11.8 Å². The Morgan fingerprint density at radius 1 is 0.957 bits per heavy atom. The molecule has 0 N–H and O–H groups in total. The van der Waals surface area contributed by atoms with Crippen molar-refractivity contribution in [2.45, 2.75) is 0 Å². The maximum Gasteiger partial charge on any atom is 0.356 e. The van der Waals surface area contributed by atoms with Crippen molar-refractivity contribution >= 4 is 5.97 Å². The first-order valence-electron chi connectivity index (χ1n) is 7.09. The molecule has 0 aliphatic rings. The van der Waals surface area contributed by atoms with Gasteiger partial charge < -0.3 is 4.74 Å². The highest BCUT2D eigenvalue weighted by atomic mass is 19.1. The first-order valence-corrected chi connectivity index (χ1v) is 7.09. The summed E-state index contributed by atoms with van der Waals surface area (Å²) in [4.78, 5) is 15.5. The number of benzene rings is 2. The Kier molecular flexibility index (Phi) is 4.15. The summed E-state index contributed by atoms with van der Waals surface area (Å²) in [5, 5.41) is 0. The Labute approximate surface area is 133 Å². The molecule has 0 radical (unpaired) electrons. The van der Waals surface area contributed by atoms with E-state index in [-0.39, 0.29) is 11.5 Å². The largest absolute Gasteiger partial charge is 0.464 e. The van der Waals surface area contributed by atoms with Crippen LogP contribution >= 0.6 is 0 Å². The molecule has 0 atom stereocenters. The van der Waals surface area contributed by atoms with Crippen LogP contribution in [0.1, 0.15) is 10.5 Å². The maximum atomic E-state index is 14.4. The third-order valence-electron chi connectivity index (χ3n) is 3.54. The molecule has 23 heavy (non-hydrogen) atoms. The van der Waals surface area contributed by atoms with Crippen LogP contribution in [0.3, 0.4) is 0 Å². The Balaban J connectivity index is 1.99. The molecule has 0 aliphatic carbocycles. The predicted octanol–water partition coefficient (Wildman–Crippen LogP) is 4.34. The molecular formula is C19H14FNO2. The van der Waals surface area contributed by atoms with E-state index in [0.29, 0.717) is 16.7 Å². The molecular weight excluding hydrogens is 293 g/mol. The molecule has 0 amide bonds. The van der Waals surface area contributed by atoms with Crippen molar-refractivity contribution in [3.63, 3.8) is 0 Å². The van der Waals surface area contributed by atoms with Gasteiger partial charge in [0.05, 0.1) is 7.11 Å². The topological polar surface area (TPSA) is 39.2 Å². The quantitative estimate of drug-likeness (QED) is 0.676. The minimum Gasteiger partial charge on any atom is -0.464 e. The number of esters is 1. The van der Waals surface area contributed by atoms with Crippen molar-refractivity contribution in [3.05, 3.63) is 78.4 Å². The number of hydrogen-bond acceptors (Lipinski definition) is 3. The molecule has 1 aromatic heterocycles. The molecule has 1 heterocycles. The second kappa shape index (κ2) is 6.40. The fraction of sp³-hybridized carbons (Fsp3) is 0.0526. The molecule has 114 valence electrons. The van der Waals surface area contributed by atoms with Gasteiger partial charge in [0.25, 0.3) is 0 Å². The van der Waals surface area contributed by atoms with Crippen molar-refractivity contribution in [3.8, 4) is 22.3 Å². The summed E-state index contributed by atoms with van der Waals surface area (Å²) >= 11 is 0. The average Bonchev–Trinajstić information content (AvgIpc) is 2.61. The number of aromatic nitrogens is 1. The highest BCUT2D eigenvalue weighted by Crippen LogP contribution is 2.28. The van der Waals surface area contributed by atoms with Crippen LogP contribution in [-0.4, -0.2) is 18.1 Å². The highest BCUT2D eigenvalue weighted by Gasteiger charge is 2.11.